The summed E-state index contributed by atoms with van der Waals surface area (Å²) < 4.78 is 4.99. The molecule has 13 heavy (non-hydrogen) atoms. The van der Waals surface area contributed by atoms with Gasteiger partial charge in [-0.2, -0.15) is 0 Å². The van der Waals surface area contributed by atoms with Gasteiger partial charge in [-0.3, -0.25) is 0 Å². The zero-order chi connectivity index (χ0) is 9.10. The van der Waals surface area contributed by atoms with Crippen LogP contribution in [-0.4, -0.2) is 23.1 Å². The van der Waals surface area contributed by atoms with E-state index >= 15 is 0 Å². The Hall–Kier alpha value is -1.16. The van der Waals surface area contributed by atoms with Crippen molar-refractivity contribution in [1.82, 2.24) is 9.97 Å². The largest absolute Gasteiger partial charge is 0.378 e. The Kier molecular flexibility index (Phi) is 2.40. The zero-order valence-corrected chi connectivity index (χ0v) is 7.66. The molecule has 4 heteroatoms. The number of aromatic nitrogens is 2. The van der Waals surface area contributed by atoms with Crippen molar-refractivity contribution in [1.29, 1.82) is 0 Å². The van der Waals surface area contributed by atoms with Gasteiger partial charge >= 0.3 is 0 Å². The molecule has 70 valence electrons. The first kappa shape index (κ1) is 8.44. The van der Waals surface area contributed by atoms with E-state index in [9.17, 15) is 0 Å². The van der Waals surface area contributed by atoms with Crippen LogP contribution in [0.15, 0.2) is 12.4 Å². The Bertz CT molecular complexity index is 286. The second-order valence-electron chi connectivity index (χ2n) is 3.25. The van der Waals surface area contributed by atoms with Crippen molar-refractivity contribution >= 4 is 5.82 Å². The number of hydrogen-bond donors (Lipinski definition) is 1. The minimum atomic E-state index is 0.544. The number of rotatable bonds is 4. The summed E-state index contributed by atoms with van der Waals surface area (Å²) in [5, 5.41) is 3.31. The van der Waals surface area contributed by atoms with Crippen LogP contribution in [0.2, 0.25) is 0 Å². The van der Waals surface area contributed by atoms with Crippen molar-refractivity contribution in [2.75, 3.05) is 12.4 Å². The maximum absolute atomic E-state index is 4.99. The fourth-order valence-electron chi connectivity index (χ4n) is 1.14. The van der Waals surface area contributed by atoms with Crippen LogP contribution in [-0.2, 0) is 11.3 Å². The lowest BCUT2D eigenvalue weighted by atomic mass is 10.4. The molecule has 0 saturated heterocycles. The van der Waals surface area contributed by atoms with Crippen molar-refractivity contribution in [2.45, 2.75) is 25.5 Å². The molecule has 1 aromatic rings. The first-order valence-electron chi connectivity index (χ1n) is 4.45. The molecule has 1 fully saturated rings. The average Bonchev–Trinajstić information content (AvgIpc) is 2.90. The van der Waals surface area contributed by atoms with Crippen molar-refractivity contribution in [3.05, 3.63) is 18.1 Å². The van der Waals surface area contributed by atoms with E-state index in [1.807, 2.05) is 6.07 Å². The molecule has 0 atom stereocenters. The first-order valence-corrected chi connectivity index (χ1v) is 4.45. The standard InChI is InChI=1S/C9H13N3O/c1-13-5-8-4-9(11-6-10-8)12-7-2-3-7/h4,6-7H,2-3,5H2,1H3,(H,10,11,12). The molecule has 0 radical (unpaired) electrons. The van der Waals surface area contributed by atoms with Gasteiger partial charge in [0.1, 0.15) is 12.1 Å². The van der Waals surface area contributed by atoms with Gasteiger partial charge in [0.05, 0.1) is 12.3 Å². The molecule has 2 rings (SSSR count). The quantitative estimate of drug-likeness (QED) is 0.754. The third-order valence-electron chi connectivity index (χ3n) is 1.95. The Balaban J connectivity index is 2.02. The number of anilines is 1. The maximum Gasteiger partial charge on any atom is 0.129 e. The van der Waals surface area contributed by atoms with Crippen LogP contribution in [0, 0.1) is 0 Å². The van der Waals surface area contributed by atoms with E-state index < -0.39 is 0 Å². The van der Waals surface area contributed by atoms with E-state index in [4.69, 9.17) is 4.74 Å². The lowest BCUT2D eigenvalue weighted by Crippen LogP contribution is -2.04. The summed E-state index contributed by atoms with van der Waals surface area (Å²) in [6.07, 6.45) is 4.08. The molecule has 1 saturated carbocycles. The normalized spacial score (nSPS) is 15.8. The maximum atomic E-state index is 4.99. The highest BCUT2D eigenvalue weighted by Crippen LogP contribution is 2.23. The van der Waals surface area contributed by atoms with Gasteiger partial charge in [-0.1, -0.05) is 0 Å². The van der Waals surface area contributed by atoms with Crippen LogP contribution < -0.4 is 5.32 Å². The molecule has 0 amide bonds. The number of nitrogens with one attached hydrogen (secondary N) is 1. The zero-order valence-electron chi connectivity index (χ0n) is 7.66. The summed E-state index contributed by atoms with van der Waals surface area (Å²) >= 11 is 0. The van der Waals surface area contributed by atoms with Gasteiger partial charge in [-0.25, -0.2) is 9.97 Å². The SMILES string of the molecule is COCc1cc(NC2CC2)ncn1. The fourth-order valence-corrected chi connectivity index (χ4v) is 1.14. The lowest BCUT2D eigenvalue weighted by molar-refractivity contribution is 0.181. The highest BCUT2D eigenvalue weighted by Gasteiger charge is 2.21. The van der Waals surface area contributed by atoms with Gasteiger partial charge in [0.25, 0.3) is 0 Å². The minimum Gasteiger partial charge on any atom is -0.378 e. The van der Waals surface area contributed by atoms with E-state index in [0.717, 1.165) is 11.5 Å². The van der Waals surface area contributed by atoms with Crippen LogP contribution in [0.25, 0.3) is 0 Å². The number of methoxy groups -OCH3 is 1. The summed E-state index contributed by atoms with van der Waals surface area (Å²) in [4.78, 5) is 8.20. The molecule has 1 aliphatic carbocycles. The molecule has 0 aliphatic heterocycles. The molecule has 0 aromatic carbocycles. The molecule has 1 aliphatic rings. The summed E-state index contributed by atoms with van der Waals surface area (Å²) in [6, 6.07) is 2.56. The monoisotopic (exact) mass is 179 g/mol. The topological polar surface area (TPSA) is 47.0 Å². The molecule has 1 heterocycles. The fraction of sp³-hybridized carbons (Fsp3) is 0.556. The van der Waals surface area contributed by atoms with E-state index in [1.165, 1.54) is 12.8 Å². The first-order chi connectivity index (χ1) is 6.38. The smallest absolute Gasteiger partial charge is 0.129 e. The molecule has 0 bridgehead atoms. The van der Waals surface area contributed by atoms with Crippen molar-refractivity contribution in [3.63, 3.8) is 0 Å². The van der Waals surface area contributed by atoms with Crippen LogP contribution in [0.4, 0.5) is 5.82 Å². The van der Waals surface area contributed by atoms with E-state index in [1.54, 1.807) is 13.4 Å². The van der Waals surface area contributed by atoms with Gasteiger partial charge in [-0.15, -0.1) is 0 Å². The predicted octanol–water partition coefficient (Wildman–Crippen LogP) is 1.20. The Morgan fingerprint density at radius 1 is 1.54 bits per heavy atom. The van der Waals surface area contributed by atoms with Crippen LogP contribution in [0.3, 0.4) is 0 Å². The van der Waals surface area contributed by atoms with Gasteiger partial charge in [0.15, 0.2) is 0 Å². The molecule has 0 spiro atoms. The molecular formula is C9H13N3O. The minimum absolute atomic E-state index is 0.544. The predicted molar refractivity (Wildman–Crippen MR) is 49.4 cm³/mol. The van der Waals surface area contributed by atoms with E-state index in [2.05, 4.69) is 15.3 Å². The van der Waals surface area contributed by atoms with Crippen LogP contribution in [0.5, 0.6) is 0 Å². The van der Waals surface area contributed by atoms with Crippen molar-refractivity contribution < 1.29 is 4.74 Å². The Morgan fingerprint density at radius 2 is 2.38 bits per heavy atom. The highest BCUT2D eigenvalue weighted by molar-refractivity contribution is 5.37. The van der Waals surface area contributed by atoms with E-state index in [0.29, 0.717) is 12.6 Å². The Morgan fingerprint density at radius 3 is 3.08 bits per heavy atom. The third kappa shape index (κ3) is 2.39. The highest BCUT2D eigenvalue weighted by atomic mass is 16.5. The van der Waals surface area contributed by atoms with Gasteiger partial charge in [0, 0.05) is 19.2 Å². The number of ether oxygens (including phenoxy) is 1. The van der Waals surface area contributed by atoms with Crippen molar-refractivity contribution in [3.8, 4) is 0 Å². The number of nitrogens with zero attached hydrogens (tertiary/aromatic N) is 2. The van der Waals surface area contributed by atoms with Gasteiger partial charge in [-0.05, 0) is 12.8 Å². The third-order valence-corrected chi connectivity index (χ3v) is 1.95. The van der Waals surface area contributed by atoms with Crippen LogP contribution >= 0.6 is 0 Å². The van der Waals surface area contributed by atoms with Crippen molar-refractivity contribution in [2.24, 2.45) is 0 Å². The molecule has 1 aromatic heterocycles. The summed E-state index contributed by atoms with van der Waals surface area (Å²) in [7, 11) is 1.66. The Labute approximate surface area is 77.4 Å². The summed E-state index contributed by atoms with van der Waals surface area (Å²) in [5.41, 5.74) is 0.917. The average molecular weight is 179 g/mol. The summed E-state index contributed by atoms with van der Waals surface area (Å²) in [6.45, 7) is 0.544. The second kappa shape index (κ2) is 3.70. The van der Waals surface area contributed by atoms with Crippen LogP contribution in [0.1, 0.15) is 18.5 Å². The van der Waals surface area contributed by atoms with E-state index in [-0.39, 0.29) is 0 Å². The second-order valence-corrected chi connectivity index (χ2v) is 3.25. The molecule has 1 N–H and O–H groups in total. The number of hydrogen-bond acceptors (Lipinski definition) is 4. The molecule has 0 unspecified atom stereocenters. The van der Waals surface area contributed by atoms with Gasteiger partial charge in [0.2, 0.25) is 0 Å². The molecule has 4 nitrogen and oxygen atoms in total. The lowest BCUT2D eigenvalue weighted by Gasteiger charge is -2.04. The summed E-state index contributed by atoms with van der Waals surface area (Å²) in [5.74, 6) is 0.907. The van der Waals surface area contributed by atoms with Gasteiger partial charge < -0.3 is 10.1 Å². The molecular weight excluding hydrogens is 166 g/mol.